The fourth-order valence-electron chi connectivity index (χ4n) is 3.71. The highest BCUT2D eigenvalue weighted by Crippen LogP contribution is 2.41. The first-order chi connectivity index (χ1) is 11.4. The van der Waals surface area contributed by atoms with Gasteiger partial charge in [-0.25, -0.2) is 9.98 Å². The third kappa shape index (κ3) is 2.52. The number of nitrogens with two attached hydrogens (primary N) is 1. The van der Waals surface area contributed by atoms with E-state index in [2.05, 4.69) is 19.9 Å². The van der Waals surface area contributed by atoms with Gasteiger partial charge >= 0.3 is 0 Å². The average molecular weight is 336 g/mol. The Morgan fingerprint density at radius 1 is 1.25 bits per heavy atom. The van der Waals surface area contributed by atoms with Crippen LogP contribution in [0.15, 0.2) is 15.0 Å². The molecule has 2 saturated heterocycles. The highest BCUT2D eigenvalue weighted by Gasteiger charge is 2.58. The molecule has 0 aromatic rings. The molecule has 2 unspecified atom stereocenters. The molecule has 0 spiro atoms. The molecule has 6 atom stereocenters. The number of hydrogen-bond acceptors (Lipinski definition) is 9. The maximum atomic E-state index is 6.29. The first kappa shape index (κ1) is 15.9. The third-order valence-corrected chi connectivity index (χ3v) is 4.64. The Balaban J connectivity index is 1.58. The van der Waals surface area contributed by atoms with E-state index in [4.69, 9.17) is 19.9 Å². The highest BCUT2D eigenvalue weighted by molar-refractivity contribution is 5.96. The number of ether oxygens (including phenoxy) is 3. The molecule has 9 heteroatoms. The molecule has 2 N–H and O–H groups in total. The fourth-order valence-corrected chi connectivity index (χ4v) is 3.71. The smallest absolute Gasteiger partial charge is 0.164 e. The van der Waals surface area contributed by atoms with Crippen molar-refractivity contribution in [2.75, 3.05) is 20.6 Å². The van der Waals surface area contributed by atoms with Crippen molar-refractivity contribution in [2.45, 2.75) is 56.4 Å². The summed E-state index contributed by atoms with van der Waals surface area (Å²) >= 11 is 0. The van der Waals surface area contributed by atoms with Gasteiger partial charge in [-0.3, -0.25) is 4.99 Å². The lowest BCUT2D eigenvalue weighted by atomic mass is 10.1. The summed E-state index contributed by atoms with van der Waals surface area (Å²) in [4.78, 5) is 17.0. The second-order valence-electron chi connectivity index (χ2n) is 7.28. The maximum Gasteiger partial charge on any atom is 0.164 e. The van der Waals surface area contributed by atoms with E-state index in [1.807, 2.05) is 32.8 Å². The zero-order valence-electron chi connectivity index (χ0n) is 14.4. The van der Waals surface area contributed by atoms with Crippen LogP contribution in [-0.4, -0.2) is 91.5 Å². The van der Waals surface area contributed by atoms with E-state index in [-0.39, 0.29) is 36.7 Å². The summed E-state index contributed by atoms with van der Waals surface area (Å²) in [6.07, 6.45) is 2.26. The second kappa shape index (κ2) is 5.48. The molecule has 0 aliphatic carbocycles. The summed E-state index contributed by atoms with van der Waals surface area (Å²) < 4.78 is 18.5. The predicted molar refractivity (Wildman–Crippen MR) is 89.1 cm³/mol. The van der Waals surface area contributed by atoms with Crippen LogP contribution in [0.1, 0.15) is 13.8 Å². The zero-order chi connectivity index (χ0) is 17.1. The molecule has 2 fully saturated rings. The average Bonchev–Trinajstić information content (AvgIpc) is 3.12. The summed E-state index contributed by atoms with van der Waals surface area (Å²) in [5.74, 6) is -0.161. The number of nitrogens with zero attached hydrogens (tertiary/aromatic N) is 5. The number of hydrogen-bond donors (Lipinski definition) is 1. The van der Waals surface area contributed by atoms with Gasteiger partial charge in [-0.1, -0.05) is 0 Å². The van der Waals surface area contributed by atoms with Crippen LogP contribution in [0.4, 0.5) is 0 Å². The van der Waals surface area contributed by atoms with Gasteiger partial charge in [0.1, 0.15) is 36.5 Å². The van der Waals surface area contributed by atoms with Gasteiger partial charge in [0, 0.05) is 6.54 Å². The van der Waals surface area contributed by atoms with Gasteiger partial charge < -0.3 is 29.7 Å². The first-order valence-electron chi connectivity index (χ1n) is 8.17. The minimum atomic E-state index is -0.630. The van der Waals surface area contributed by atoms with Crippen molar-refractivity contribution in [1.29, 1.82) is 0 Å². The Hall–Kier alpha value is -1.55. The van der Waals surface area contributed by atoms with Crippen molar-refractivity contribution in [3.63, 3.8) is 0 Å². The topological polar surface area (TPSA) is 97.3 Å². The number of fused-ring (bicyclic) bond motifs is 2. The van der Waals surface area contributed by atoms with Crippen molar-refractivity contribution < 1.29 is 14.2 Å². The van der Waals surface area contributed by atoms with E-state index in [0.29, 0.717) is 5.84 Å². The Labute approximate surface area is 141 Å². The normalized spacial score (nSPS) is 42.5. The summed E-state index contributed by atoms with van der Waals surface area (Å²) in [7, 11) is 4.03. The molecule has 0 aromatic carbocycles. The molecule has 4 aliphatic heterocycles. The molecule has 0 aromatic heterocycles. The standard InChI is InChI=1S/C15H24N6O3/c1-15(2)23-10-8(5-20(3)4)22-14(11(10)24-15)21-7-19-9-12(16)17-6-18-13(9)21/h6-11,13-14H,5H2,1-4H3,(H2,16,17,18)/t8-,9?,10-,11-,13?,14-/m1/s1. The van der Waals surface area contributed by atoms with E-state index in [1.165, 1.54) is 6.34 Å². The van der Waals surface area contributed by atoms with Gasteiger partial charge in [-0.15, -0.1) is 0 Å². The molecule has 4 aliphatic rings. The number of rotatable bonds is 3. The lowest BCUT2D eigenvalue weighted by Crippen LogP contribution is -2.51. The fraction of sp³-hybridized carbons (Fsp3) is 0.800. The maximum absolute atomic E-state index is 6.29. The molecule has 0 saturated carbocycles. The van der Waals surface area contributed by atoms with Crippen LogP contribution in [0.2, 0.25) is 0 Å². The van der Waals surface area contributed by atoms with Crippen molar-refractivity contribution in [2.24, 2.45) is 20.7 Å². The SMILES string of the molecule is CN(C)C[C@H]1O[C@@H](N2C=NC3C(N)=NC=NC32)[C@@H]2OC(C)(C)O[C@@H]21. The van der Waals surface area contributed by atoms with E-state index >= 15 is 0 Å². The molecule has 0 radical (unpaired) electrons. The molecule has 9 nitrogen and oxygen atoms in total. The molecular weight excluding hydrogens is 312 g/mol. The molecule has 24 heavy (non-hydrogen) atoms. The lowest BCUT2D eigenvalue weighted by Gasteiger charge is -2.33. The summed E-state index contributed by atoms with van der Waals surface area (Å²) in [6, 6.07) is -0.264. The molecule has 4 rings (SSSR count). The number of likely N-dealkylation sites (N-methyl/N-ethyl adjacent to an activating group) is 1. The monoisotopic (exact) mass is 336 g/mol. The van der Waals surface area contributed by atoms with Gasteiger partial charge in [0.15, 0.2) is 18.2 Å². The largest absolute Gasteiger partial charge is 0.385 e. The molecule has 132 valence electrons. The van der Waals surface area contributed by atoms with Crippen LogP contribution in [0.3, 0.4) is 0 Å². The quantitative estimate of drug-likeness (QED) is 0.727. The van der Waals surface area contributed by atoms with E-state index in [0.717, 1.165) is 6.54 Å². The van der Waals surface area contributed by atoms with Crippen molar-refractivity contribution in [1.82, 2.24) is 9.80 Å². The second-order valence-corrected chi connectivity index (χ2v) is 7.28. The first-order valence-corrected chi connectivity index (χ1v) is 8.17. The summed E-state index contributed by atoms with van der Waals surface area (Å²) in [5.41, 5.74) is 5.94. The van der Waals surface area contributed by atoms with E-state index < -0.39 is 5.79 Å². The lowest BCUT2D eigenvalue weighted by molar-refractivity contribution is -0.202. The minimum absolute atomic E-state index is 0.0807. The van der Waals surface area contributed by atoms with E-state index in [1.54, 1.807) is 6.34 Å². The van der Waals surface area contributed by atoms with Crippen LogP contribution < -0.4 is 5.73 Å². The third-order valence-electron chi connectivity index (χ3n) is 4.64. The molecule has 4 heterocycles. The van der Waals surface area contributed by atoms with E-state index in [9.17, 15) is 0 Å². The number of amidine groups is 1. The summed E-state index contributed by atoms with van der Waals surface area (Å²) in [5, 5.41) is 0. The van der Waals surface area contributed by atoms with Crippen molar-refractivity contribution in [3.8, 4) is 0 Å². The van der Waals surface area contributed by atoms with Gasteiger partial charge in [-0.2, -0.15) is 0 Å². The van der Waals surface area contributed by atoms with Gasteiger partial charge in [0.05, 0.1) is 6.34 Å². The van der Waals surface area contributed by atoms with Crippen LogP contribution in [0.25, 0.3) is 0 Å². The Morgan fingerprint density at radius 2 is 2.00 bits per heavy atom. The van der Waals surface area contributed by atoms with Gasteiger partial charge in [-0.05, 0) is 27.9 Å². The summed E-state index contributed by atoms with van der Waals surface area (Å²) in [6.45, 7) is 4.61. The predicted octanol–water partition coefficient (Wildman–Crippen LogP) is -0.769. The van der Waals surface area contributed by atoms with Gasteiger partial charge in [0.2, 0.25) is 0 Å². The number of aliphatic imine (C=N–C) groups is 3. The molecule has 0 bridgehead atoms. The van der Waals surface area contributed by atoms with Gasteiger partial charge in [0.25, 0.3) is 0 Å². The highest BCUT2D eigenvalue weighted by atomic mass is 16.8. The van der Waals surface area contributed by atoms with Crippen LogP contribution in [0, 0.1) is 0 Å². The Bertz CT molecular complexity index is 604. The van der Waals surface area contributed by atoms with Crippen LogP contribution >= 0.6 is 0 Å². The zero-order valence-corrected chi connectivity index (χ0v) is 14.4. The minimum Gasteiger partial charge on any atom is -0.385 e. The van der Waals surface area contributed by atoms with Crippen molar-refractivity contribution in [3.05, 3.63) is 0 Å². The van der Waals surface area contributed by atoms with Crippen LogP contribution in [0.5, 0.6) is 0 Å². The van der Waals surface area contributed by atoms with Crippen molar-refractivity contribution >= 4 is 18.5 Å². The Morgan fingerprint density at radius 3 is 2.75 bits per heavy atom. The molecule has 0 amide bonds. The Kier molecular flexibility index (Phi) is 3.64. The van der Waals surface area contributed by atoms with Crippen LogP contribution in [-0.2, 0) is 14.2 Å². The molecular formula is C15H24N6O3.